The number of nitrogens with two attached hydrogens (primary N) is 1. The molecule has 2 saturated heterocycles. The number of morpholine rings is 1. The maximum absolute atomic E-state index is 11.8. The van der Waals surface area contributed by atoms with Crippen LogP contribution in [0.5, 0.6) is 0 Å². The van der Waals surface area contributed by atoms with Crippen LogP contribution in [0, 0.1) is 0 Å². The quantitative estimate of drug-likeness (QED) is 0.544. The number of hydrogen-bond acceptors (Lipinski definition) is 11. The molecule has 3 aromatic rings. The van der Waals surface area contributed by atoms with Crippen molar-refractivity contribution in [1.29, 1.82) is 0 Å². The van der Waals surface area contributed by atoms with E-state index in [2.05, 4.69) is 14.8 Å². The summed E-state index contributed by atoms with van der Waals surface area (Å²) in [6, 6.07) is 3.61. The Labute approximate surface area is 196 Å². The molecule has 5 heterocycles. The molecular formula is C20H26N8O3S2. The van der Waals surface area contributed by atoms with Gasteiger partial charge in [0, 0.05) is 51.0 Å². The highest BCUT2D eigenvalue weighted by Gasteiger charge is 2.25. The third kappa shape index (κ3) is 4.92. The Bertz CT molecular complexity index is 1230. The summed E-state index contributed by atoms with van der Waals surface area (Å²) in [5.74, 6) is 1.84. The number of aromatic nitrogens is 4. The van der Waals surface area contributed by atoms with E-state index in [1.807, 2.05) is 6.07 Å². The zero-order valence-corrected chi connectivity index (χ0v) is 20.0. The number of nitrogen functional groups attached to an aromatic ring is 1. The summed E-state index contributed by atoms with van der Waals surface area (Å²) in [7, 11) is -3.15. The first-order chi connectivity index (χ1) is 15.9. The van der Waals surface area contributed by atoms with Gasteiger partial charge in [0.25, 0.3) is 0 Å². The van der Waals surface area contributed by atoms with Gasteiger partial charge in [-0.2, -0.15) is 4.31 Å². The molecule has 3 aromatic heterocycles. The smallest absolute Gasteiger partial charge is 0.211 e. The number of pyridine rings is 1. The van der Waals surface area contributed by atoms with Crippen LogP contribution in [0.1, 0.15) is 5.01 Å². The lowest BCUT2D eigenvalue weighted by atomic mass is 10.2. The molecule has 0 spiro atoms. The predicted molar refractivity (Wildman–Crippen MR) is 128 cm³/mol. The summed E-state index contributed by atoms with van der Waals surface area (Å²) in [6.07, 6.45) is 2.94. The van der Waals surface area contributed by atoms with Crippen LogP contribution in [0.25, 0.3) is 21.7 Å². The molecule has 33 heavy (non-hydrogen) atoms. The lowest BCUT2D eigenvalue weighted by Crippen LogP contribution is -2.47. The second kappa shape index (κ2) is 9.06. The van der Waals surface area contributed by atoms with Crippen LogP contribution in [0.4, 0.5) is 11.6 Å². The SMILES string of the molecule is CS(=O)(=O)N1CCN(Cc2nc3c(N4CCOCC4)nc(-c4ccc(N)nc4)nc3s2)CC1. The van der Waals surface area contributed by atoms with E-state index in [1.54, 1.807) is 23.6 Å². The molecule has 0 unspecified atom stereocenters. The molecule has 13 heteroatoms. The van der Waals surface area contributed by atoms with E-state index in [1.165, 1.54) is 10.6 Å². The van der Waals surface area contributed by atoms with Crippen LogP contribution in [0.15, 0.2) is 18.3 Å². The van der Waals surface area contributed by atoms with Crippen LogP contribution in [0.3, 0.4) is 0 Å². The molecule has 0 saturated carbocycles. The maximum Gasteiger partial charge on any atom is 0.211 e. The van der Waals surface area contributed by atoms with Crippen LogP contribution < -0.4 is 10.6 Å². The minimum absolute atomic E-state index is 0.448. The standard InChI is InChI=1S/C20H26N8O3S2/c1-33(29,30)28-6-4-26(5-7-28)13-16-23-17-19(27-8-10-31-11-9-27)24-18(25-20(17)32-16)14-2-3-15(21)22-12-14/h2-3,12H,4-11,13H2,1H3,(H2,21,22). The van der Waals surface area contributed by atoms with Gasteiger partial charge in [0.1, 0.15) is 21.2 Å². The number of hydrogen-bond donors (Lipinski definition) is 1. The fourth-order valence-corrected chi connectivity index (χ4v) is 5.79. The molecule has 0 radical (unpaired) electrons. The Morgan fingerprint density at radius 2 is 1.82 bits per heavy atom. The van der Waals surface area contributed by atoms with Crippen LogP contribution >= 0.6 is 11.3 Å². The Hall–Kier alpha value is -2.45. The van der Waals surface area contributed by atoms with Gasteiger partial charge in [0.05, 0.1) is 26.0 Å². The summed E-state index contributed by atoms with van der Waals surface area (Å²) in [5, 5.41) is 0.939. The molecular weight excluding hydrogens is 464 g/mol. The Balaban J connectivity index is 1.45. The van der Waals surface area contributed by atoms with Crippen molar-refractivity contribution in [2.24, 2.45) is 0 Å². The number of fused-ring (bicyclic) bond motifs is 1. The highest BCUT2D eigenvalue weighted by atomic mass is 32.2. The second-order valence-electron chi connectivity index (χ2n) is 8.14. The summed E-state index contributed by atoms with van der Waals surface area (Å²) < 4.78 is 30.6. The zero-order chi connectivity index (χ0) is 23.0. The summed E-state index contributed by atoms with van der Waals surface area (Å²) in [4.78, 5) is 24.0. The van der Waals surface area contributed by atoms with Gasteiger partial charge in [-0.15, -0.1) is 0 Å². The van der Waals surface area contributed by atoms with E-state index >= 15 is 0 Å². The number of nitrogens with zero attached hydrogens (tertiary/aromatic N) is 7. The zero-order valence-electron chi connectivity index (χ0n) is 18.3. The van der Waals surface area contributed by atoms with Gasteiger partial charge in [-0.3, -0.25) is 4.90 Å². The molecule has 0 atom stereocenters. The van der Waals surface area contributed by atoms with Gasteiger partial charge in [-0.05, 0) is 12.1 Å². The number of thiazole rings is 1. The Kier molecular flexibility index (Phi) is 6.14. The first-order valence-corrected chi connectivity index (χ1v) is 13.4. The lowest BCUT2D eigenvalue weighted by molar-refractivity contribution is 0.122. The first kappa shape index (κ1) is 22.3. The van der Waals surface area contributed by atoms with Crippen molar-refractivity contribution in [3.8, 4) is 11.4 Å². The van der Waals surface area contributed by atoms with Crippen molar-refractivity contribution in [2.45, 2.75) is 6.54 Å². The van der Waals surface area contributed by atoms with Crippen LogP contribution in [-0.4, -0.2) is 96.3 Å². The minimum Gasteiger partial charge on any atom is -0.384 e. The second-order valence-corrected chi connectivity index (χ2v) is 11.2. The van der Waals surface area contributed by atoms with E-state index < -0.39 is 10.0 Å². The summed E-state index contributed by atoms with van der Waals surface area (Å²) in [5.41, 5.74) is 7.33. The molecule has 5 rings (SSSR count). The van der Waals surface area contributed by atoms with Gasteiger partial charge in [-0.1, -0.05) is 11.3 Å². The molecule has 176 valence electrons. The number of anilines is 2. The molecule has 11 nitrogen and oxygen atoms in total. The minimum atomic E-state index is -3.15. The Morgan fingerprint density at radius 3 is 2.48 bits per heavy atom. The van der Waals surface area contributed by atoms with E-state index in [0.29, 0.717) is 57.6 Å². The fourth-order valence-electron chi connectivity index (χ4n) is 3.99. The highest BCUT2D eigenvalue weighted by molar-refractivity contribution is 7.88. The largest absolute Gasteiger partial charge is 0.384 e. The predicted octanol–water partition coefficient (Wildman–Crippen LogP) is 0.644. The lowest BCUT2D eigenvalue weighted by Gasteiger charge is -2.32. The van der Waals surface area contributed by atoms with Crippen molar-refractivity contribution in [2.75, 3.05) is 69.4 Å². The van der Waals surface area contributed by atoms with E-state index in [4.69, 9.17) is 25.4 Å². The average Bonchev–Trinajstić information content (AvgIpc) is 3.21. The number of rotatable bonds is 5. The van der Waals surface area contributed by atoms with Gasteiger partial charge in [0.2, 0.25) is 10.0 Å². The average molecular weight is 491 g/mol. The fraction of sp³-hybridized carbons (Fsp3) is 0.500. The molecule has 0 bridgehead atoms. The van der Waals surface area contributed by atoms with Crippen molar-refractivity contribution in [3.05, 3.63) is 23.3 Å². The molecule has 0 aliphatic carbocycles. The molecule has 0 amide bonds. The van der Waals surface area contributed by atoms with Gasteiger partial charge >= 0.3 is 0 Å². The molecule has 2 N–H and O–H groups in total. The van der Waals surface area contributed by atoms with Crippen LogP contribution in [0.2, 0.25) is 0 Å². The monoisotopic (exact) mass is 490 g/mol. The molecule has 2 aliphatic heterocycles. The van der Waals surface area contributed by atoms with Crippen molar-refractivity contribution in [3.63, 3.8) is 0 Å². The number of sulfonamides is 1. The Morgan fingerprint density at radius 1 is 1.06 bits per heavy atom. The van der Waals surface area contributed by atoms with Crippen molar-refractivity contribution in [1.82, 2.24) is 29.1 Å². The number of piperazine rings is 1. The first-order valence-electron chi connectivity index (χ1n) is 10.8. The van der Waals surface area contributed by atoms with Gasteiger partial charge in [-0.25, -0.2) is 28.4 Å². The normalized spacial score (nSPS) is 18.8. The maximum atomic E-state index is 11.8. The third-order valence-corrected chi connectivity index (χ3v) is 8.04. The van der Waals surface area contributed by atoms with Gasteiger partial charge < -0.3 is 15.4 Å². The summed E-state index contributed by atoms with van der Waals surface area (Å²) >= 11 is 1.55. The highest BCUT2D eigenvalue weighted by Crippen LogP contribution is 2.32. The van der Waals surface area contributed by atoms with Gasteiger partial charge in [0.15, 0.2) is 11.6 Å². The molecule has 0 aromatic carbocycles. The molecule has 2 fully saturated rings. The number of ether oxygens (including phenoxy) is 1. The third-order valence-electron chi connectivity index (χ3n) is 5.80. The topological polar surface area (TPSA) is 131 Å². The van der Waals surface area contributed by atoms with E-state index in [-0.39, 0.29) is 0 Å². The summed E-state index contributed by atoms with van der Waals surface area (Å²) in [6.45, 7) is 5.77. The molecule has 2 aliphatic rings. The van der Waals surface area contributed by atoms with E-state index in [0.717, 1.165) is 39.8 Å². The van der Waals surface area contributed by atoms with Crippen LogP contribution in [-0.2, 0) is 21.3 Å². The van der Waals surface area contributed by atoms with E-state index in [9.17, 15) is 8.42 Å². The van der Waals surface area contributed by atoms with Crippen molar-refractivity contribution < 1.29 is 13.2 Å². The van der Waals surface area contributed by atoms with Crippen molar-refractivity contribution >= 4 is 43.3 Å².